The quantitative estimate of drug-likeness (QED) is 0.904. The second kappa shape index (κ2) is 7.29. The first kappa shape index (κ1) is 16.3. The zero-order valence-electron chi connectivity index (χ0n) is 12.1. The summed E-state index contributed by atoms with van der Waals surface area (Å²) in [7, 11) is 0. The van der Waals surface area contributed by atoms with E-state index in [1.807, 2.05) is 54.6 Å². The summed E-state index contributed by atoms with van der Waals surface area (Å²) in [6.45, 7) is 0.266. The Morgan fingerprint density at radius 3 is 2.36 bits per heavy atom. The number of hydrogen-bond acceptors (Lipinski definition) is 3. The largest absolute Gasteiger partial charge is 0.444 e. The summed E-state index contributed by atoms with van der Waals surface area (Å²) in [4.78, 5) is 11.7. The predicted molar refractivity (Wildman–Crippen MR) is 89.3 cm³/mol. The molecule has 1 saturated carbocycles. The van der Waals surface area contributed by atoms with Crippen molar-refractivity contribution < 1.29 is 9.53 Å². The van der Waals surface area contributed by atoms with Gasteiger partial charge in [-0.2, -0.15) is 0 Å². The van der Waals surface area contributed by atoms with Gasteiger partial charge < -0.3 is 10.5 Å². The summed E-state index contributed by atoms with van der Waals surface area (Å²) in [5.74, 6) is 0.476. The molecule has 0 aliphatic heterocycles. The topological polar surface area (TPSA) is 64.3 Å². The Kier molecular flexibility index (Phi) is 5.41. The van der Waals surface area contributed by atoms with Crippen LogP contribution in [0.1, 0.15) is 23.5 Å². The lowest BCUT2D eigenvalue weighted by Crippen LogP contribution is -2.13. The van der Waals surface area contributed by atoms with E-state index in [1.54, 1.807) is 0 Å². The molecule has 0 spiro atoms. The number of carbonyl (C=O) groups excluding carboxylic acids is 1. The number of carbonyl (C=O) groups is 1. The van der Waals surface area contributed by atoms with Crippen molar-refractivity contribution in [3.8, 4) is 0 Å². The first-order valence-corrected chi connectivity index (χ1v) is 7.05. The fourth-order valence-corrected chi connectivity index (χ4v) is 2.29. The number of anilines is 1. The Morgan fingerprint density at radius 1 is 1.14 bits per heavy atom. The first-order chi connectivity index (χ1) is 10.2. The van der Waals surface area contributed by atoms with E-state index in [4.69, 9.17) is 10.5 Å². The van der Waals surface area contributed by atoms with E-state index in [2.05, 4.69) is 5.32 Å². The lowest BCUT2D eigenvalue weighted by molar-refractivity contribution is 0.155. The Morgan fingerprint density at radius 2 is 1.77 bits per heavy atom. The Bertz CT molecular complexity index is 616. The molecule has 22 heavy (non-hydrogen) atoms. The SMILES string of the molecule is Cl.N[C@@H]1C[C@H]1c1ccc(NC(=O)OCc2ccccc2)cc1. The molecule has 1 aliphatic carbocycles. The number of halogens is 1. The normalized spacial score (nSPS) is 19.0. The zero-order valence-corrected chi connectivity index (χ0v) is 12.9. The summed E-state index contributed by atoms with van der Waals surface area (Å²) in [6, 6.07) is 17.7. The molecule has 0 bridgehead atoms. The molecule has 0 unspecified atom stereocenters. The summed E-state index contributed by atoms with van der Waals surface area (Å²) in [5.41, 5.74) is 8.74. The van der Waals surface area contributed by atoms with Crippen molar-refractivity contribution in [2.24, 2.45) is 5.73 Å². The van der Waals surface area contributed by atoms with Crippen LogP contribution >= 0.6 is 12.4 Å². The maximum absolute atomic E-state index is 11.7. The second-order valence-electron chi connectivity index (χ2n) is 5.31. The van der Waals surface area contributed by atoms with E-state index in [0.29, 0.717) is 12.0 Å². The molecule has 1 aliphatic rings. The van der Waals surface area contributed by atoms with Crippen molar-refractivity contribution in [1.29, 1.82) is 0 Å². The van der Waals surface area contributed by atoms with E-state index in [1.165, 1.54) is 5.56 Å². The molecule has 5 heteroatoms. The number of amides is 1. The summed E-state index contributed by atoms with van der Waals surface area (Å²) < 4.78 is 5.17. The van der Waals surface area contributed by atoms with E-state index in [0.717, 1.165) is 17.7 Å². The fourth-order valence-electron chi connectivity index (χ4n) is 2.29. The lowest BCUT2D eigenvalue weighted by Gasteiger charge is -2.08. The fraction of sp³-hybridized carbons (Fsp3) is 0.235. The van der Waals surface area contributed by atoms with Crippen molar-refractivity contribution in [2.45, 2.75) is 25.0 Å². The molecular formula is C17H19ClN2O2. The highest BCUT2D eigenvalue weighted by Gasteiger charge is 2.34. The third kappa shape index (κ3) is 4.23. The minimum absolute atomic E-state index is 0. The maximum atomic E-state index is 11.7. The molecule has 0 heterocycles. The second-order valence-corrected chi connectivity index (χ2v) is 5.31. The molecule has 1 fully saturated rings. The van der Waals surface area contributed by atoms with Crippen molar-refractivity contribution in [3.05, 3.63) is 65.7 Å². The van der Waals surface area contributed by atoms with Gasteiger partial charge in [0.15, 0.2) is 0 Å². The molecule has 2 aromatic carbocycles. The van der Waals surface area contributed by atoms with E-state index >= 15 is 0 Å². The standard InChI is InChI=1S/C17H18N2O2.ClH/c18-16-10-15(16)13-6-8-14(9-7-13)19-17(20)21-11-12-4-2-1-3-5-12;/h1-9,15-16H,10-11,18H2,(H,19,20);1H/t15-,16+;/m0./s1. The van der Waals surface area contributed by atoms with Crippen LogP contribution in [0.5, 0.6) is 0 Å². The number of nitrogens with two attached hydrogens (primary N) is 1. The number of ether oxygens (including phenoxy) is 1. The predicted octanol–water partition coefficient (Wildman–Crippen LogP) is 3.67. The van der Waals surface area contributed by atoms with E-state index < -0.39 is 6.09 Å². The summed E-state index contributed by atoms with van der Waals surface area (Å²) in [5, 5.41) is 2.72. The van der Waals surface area contributed by atoms with E-state index in [-0.39, 0.29) is 19.0 Å². The molecular weight excluding hydrogens is 300 g/mol. The van der Waals surface area contributed by atoms with Crippen molar-refractivity contribution in [1.82, 2.24) is 0 Å². The molecule has 3 N–H and O–H groups in total. The molecule has 4 nitrogen and oxygen atoms in total. The van der Waals surface area contributed by atoms with Gasteiger partial charge in [0.2, 0.25) is 0 Å². The third-order valence-corrected chi connectivity index (χ3v) is 3.64. The number of benzene rings is 2. The van der Waals surface area contributed by atoms with Crippen LogP contribution in [0.3, 0.4) is 0 Å². The van der Waals surface area contributed by atoms with Crippen molar-refractivity contribution >= 4 is 24.2 Å². The Balaban J connectivity index is 0.00000176. The molecule has 1 amide bonds. The highest BCUT2D eigenvalue weighted by molar-refractivity contribution is 5.85. The minimum atomic E-state index is -0.449. The van der Waals surface area contributed by atoms with Crippen molar-refractivity contribution in [2.75, 3.05) is 5.32 Å². The van der Waals surface area contributed by atoms with Gasteiger partial charge in [-0.25, -0.2) is 4.79 Å². The van der Waals surface area contributed by atoms with Gasteiger partial charge in [-0.1, -0.05) is 42.5 Å². The molecule has 3 rings (SSSR count). The number of nitrogens with one attached hydrogen (secondary N) is 1. The number of rotatable bonds is 4. The Hall–Kier alpha value is -2.04. The maximum Gasteiger partial charge on any atom is 0.411 e. The molecule has 0 radical (unpaired) electrons. The molecule has 116 valence electrons. The number of hydrogen-bond donors (Lipinski definition) is 2. The van der Waals surface area contributed by atoms with E-state index in [9.17, 15) is 4.79 Å². The summed E-state index contributed by atoms with van der Waals surface area (Å²) >= 11 is 0. The van der Waals surface area contributed by atoms with Crippen LogP contribution in [0.25, 0.3) is 0 Å². The van der Waals surface area contributed by atoms with Crippen LogP contribution in [0.15, 0.2) is 54.6 Å². The zero-order chi connectivity index (χ0) is 14.7. The average Bonchev–Trinajstić information content (AvgIpc) is 3.24. The van der Waals surface area contributed by atoms with Gasteiger partial charge in [-0.15, -0.1) is 12.4 Å². The van der Waals surface area contributed by atoms with Gasteiger partial charge in [0.1, 0.15) is 6.61 Å². The minimum Gasteiger partial charge on any atom is -0.444 e. The Labute approximate surface area is 136 Å². The monoisotopic (exact) mass is 318 g/mol. The molecule has 2 atom stereocenters. The highest BCUT2D eigenvalue weighted by Crippen LogP contribution is 2.39. The summed E-state index contributed by atoms with van der Waals surface area (Å²) in [6.07, 6.45) is 0.598. The lowest BCUT2D eigenvalue weighted by atomic mass is 10.1. The van der Waals surface area contributed by atoms with Gasteiger partial charge in [0, 0.05) is 17.6 Å². The molecule has 0 aromatic heterocycles. The van der Waals surface area contributed by atoms with Crippen LogP contribution in [0, 0.1) is 0 Å². The van der Waals surface area contributed by atoms with Gasteiger partial charge in [-0.05, 0) is 29.7 Å². The van der Waals surface area contributed by atoms with Gasteiger partial charge in [0.25, 0.3) is 0 Å². The smallest absolute Gasteiger partial charge is 0.411 e. The van der Waals surface area contributed by atoms with Gasteiger partial charge in [0.05, 0.1) is 0 Å². The van der Waals surface area contributed by atoms with Crippen LogP contribution in [0.2, 0.25) is 0 Å². The van der Waals surface area contributed by atoms with Crippen LogP contribution in [-0.4, -0.2) is 12.1 Å². The average molecular weight is 319 g/mol. The molecule has 0 saturated heterocycles. The molecule has 2 aromatic rings. The van der Waals surface area contributed by atoms with Crippen molar-refractivity contribution in [3.63, 3.8) is 0 Å². The van der Waals surface area contributed by atoms with Crippen LogP contribution in [0.4, 0.5) is 10.5 Å². The van der Waals surface area contributed by atoms with Gasteiger partial charge >= 0.3 is 6.09 Å². The van der Waals surface area contributed by atoms with Gasteiger partial charge in [-0.3, -0.25) is 5.32 Å². The first-order valence-electron chi connectivity index (χ1n) is 7.05. The van der Waals surface area contributed by atoms with Crippen LogP contribution < -0.4 is 11.1 Å². The highest BCUT2D eigenvalue weighted by atomic mass is 35.5. The van der Waals surface area contributed by atoms with Crippen LogP contribution in [-0.2, 0) is 11.3 Å². The third-order valence-electron chi connectivity index (χ3n) is 3.64.